The van der Waals surface area contributed by atoms with Gasteiger partial charge in [0.2, 0.25) is 0 Å². The zero-order chi connectivity index (χ0) is 17.8. The molecule has 6 heteroatoms. The van der Waals surface area contributed by atoms with E-state index in [1.807, 2.05) is 30.3 Å². The molecule has 0 amide bonds. The third kappa shape index (κ3) is 3.75. The molecule has 6 nitrogen and oxygen atoms in total. The largest absolute Gasteiger partial charge is 0.455 e. The van der Waals surface area contributed by atoms with Gasteiger partial charge in [-0.3, -0.25) is 4.98 Å². The van der Waals surface area contributed by atoms with Gasteiger partial charge >= 0.3 is 0 Å². The summed E-state index contributed by atoms with van der Waals surface area (Å²) in [6, 6.07) is 12.3. The van der Waals surface area contributed by atoms with E-state index in [2.05, 4.69) is 38.1 Å². The van der Waals surface area contributed by atoms with Gasteiger partial charge in [-0.05, 0) is 24.6 Å². The first-order valence-electron chi connectivity index (χ1n) is 9.13. The van der Waals surface area contributed by atoms with Gasteiger partial charge in [-0.1, -0.05) is 25.1 Å². The molecule has 0 radical (unpaired) electrons. The fourth-order valence-electron chi connectivity index (χ4n) is 3.22. The normalized spacial score (nSPS) is 16.3. The van der Waals surface area contributed by atoms with Gasteiger partial charge in [0.15, 0.2) is 5.82 Å². The molecule has 1 aromatic carbocycles. The third-order valence-corrected chi connectivity index (χ3v) is 4.63. The first-order valence-corrected chi connectivity index (χ1v) is 9.13. The predicted molar refractivity (Wildman–Crippen MR) is 99.1 cm³/mol. The Morgan fingerprint density at radius 1 is 1.23 bits per heavy atom. The molecule has 1 atom stereocenters. The van der Waals surface area contributed by atoms with Gasteiger partial charge in [0, 0.05) is 37.2 Å². The second-order valence-corrected chi connectivity index (χ2v) is 6.49. The molecule has 3 heterocycles. The van der Waals surface area contributed by atoms with Gasteiger partial charge < -0.3 is 10.1 Å². The number of hydrogen-bond donors (Lipinski definition) is 1. The molecule has 1 aliphatic heterocycles. The van der Waals surface area contributed by atoms with Crippen LogP contribution in [0, 0.1) is 0 Å². The lowest BCUT2D eigenvalue weighted by molar-refractivity contribution is 0.355. The molecule has 1 N–H and O–H groups in total. The van der Waals surface area contributed by atoms with Crippen molar-refractivity contribution < 1.29 is 4.74 Å². The molecule has 2 aromatic heterocycles. The van der Waals surface area contributed by atoms with Crippen molar-refractivity contribution in [3.63, 3.8) is 0 Å². The molecule has 134 valence electrons. The van der Waals surface area contributed by atoms with Gasteiger partial charge in [0.05, 0.1) is 12.7 Å². The van der Waals surface area contributed by atoms with E-state index in [0.29, 0.717) is 6.04 Å². The van der Waals surface area contributed by atoms with Crippen LogP contribution in [0.15, 0.2) is 48.8 Å². The standard InChI is InChI=1S/C20H23N5O/c1-2-19-23-20-10-9-16(14-25(20)24-19)22-12-15-6-3-4-8-18(15)26-17-7-5-11-21-13-17/h3-8,11,13,16,22H,2,9-10,12,14H2,1H3/t16-/m1/s1. The van der Waals surface area contributed by atoms with E-state index in [4.69, 9.17) is 4.74 Å². The summed E-state index contributed by atoms with van der Waals surface area (Å²) in [5.74, 6) is 3.66. The Morgan fingerprint density at radius 2 is 2.15 bits per heavy atom. The summed E-state index contributed by atoms with van der Waals surface area (Å²) in [5.41, 5.74) is 1.13. The Hall–Kier alpha value is -2.73. The van der Waals surface area contributed by atoms with Gasteiger partial charge in [-0.15, -0.1) is 0 Å². The summed E-state index contributed by atoms with van der Waals surface area (Å²) in [6.07, 6.45) is 6.40. The summed E-state index contributed by atoms with van der Waals surface area (Å²) in [5, 5.41) is 8.23. The quantitative estimate of drug-likeness (QED) is 0.741. The highest BCUT2D eigenvalue weighted by atomic mass is 16.5. The van der Waals surface area contributed by atoms with Crippen molar-refractivity contribution >= 4 is 0 Å². The topological polar surface area (TPSA) is 64.9 Å². The highest BCUT2D eigenvalue weighted by molar-refractivity contribution is 5.37. The Balaban J connectivity index is 1.41. The SMILES string of the molecule is CCc1nc2n(n1)C[C@H](NCc1ccccc1Oc1cccnc1)CC2. The maximum absolute atomic E-state index is 5.99. The number of nitrogens with one attached hydrogen (secondary N) is 1. The first-order chi connectivity index (χ1) is 12.8. The van der Waals surface area contributed by atoms with Crippen LogP contribution >= 0.6 is 0 Å². The molecule has 0 aliphatic carbocycles. The van der Waals surface area contributed by atoms with Crippen LogP contribution in [0.1, 0.15) is 30.6 Å². The van der Waals surface area contributed by atoms with Crippen molar-refractivity contribution in [1.29, 1.82) is 0 Å². The first kappa shape index (κ1) is 16.7. The van der Waals surface area contributed by atoms with Crippen molar-refractivity contribution in [3.8, 4) is 11.5 Å². The molecule has 0 spiro atoms. The maximum atomic E-state index is 5.99. The highest BCUT2D eigenvalue weighted by Gasteiger charge is 2.21. The van der Waals surface area contributed by atoms with Crippen molar-refractivity contribution in [2.45, 2.75) is 45.3 Å². The summed E-state index contributed by atoms with van der Waals surface area (Å²) < 4.78 is 8.05. The van der Waals surface area contributed by atoms with Gasteiger partial charge in [0.25, 0.3) is 0 Å². The number of rotatable bonds is 6. The molecular formula is C20H23N5O. The summed E-state index contributed by atoms with van der Waals surface area (Å²) >= 11 is 0. The minimum absolute atomic E-state index is 0.389. The average molecular weight is 349 g/mol. The van der Waals surface area contributed by atoms with Crippen molar-refractivity contribution in [1.82, 2.24) is 25.1 Å². The number of pyridine rings is 1. The monoisotopic (exact) mass is 349 g/mol. The predicted octanol–water partition coefficient (Wildman–Crippen LogP) is 3.13. The number of benzene rings is 1. The van der Waals surface area contributed by atoms with E-state index in [-0.39, 0.29) is 0 Å². The molecule has 0 bridgehead atoms. The van der Waals surface area contributed by atoms with Crippen LogP contribution in [-0.4, -0.2) is 25.8 Å². The summed E-state index contributed by atoms with van der Waals surface area (Å²) in [6.45, 7) is 3.72. The number of ether oxygens (including phenoxy) is 1. The molecule has 3 aromatic rings. The number of nitrogens with zero attached hydrogens (tertiary/aromatic N) is 4. The zero-order valence-electron chi connectivity index (χ0n) is 14.9. The van der Waals surface area contributed by atoms with Crippen LogP contribution in [-0.2, 0) is 25.9 Å². The zero-order valence-corrected chi connectivity index (χ0v) is 14.9. The molecule has 0 unspecified atom stereocenters. The lowest BCUT2D eigenvalue weighted by atomic mass is 10.1. The smallest absolute Gasteiger partial charge is 0.150 e. The number of aromatic nitrogens is 4. The molecule has 26 heavy (non-hydrogen) atoms. The number of aryl methyl sites for hydroxylation is 2. The Morgan fingerprint density at radius 3 is 3.00 bits per heavy atom. The van der Waals surface area contributed by atoms with E-state index >= 15 is 0 Å². The van der Waals surface area contributed by atoms with Gasteiger partial charge in [0.1, 0.15) is 17.3 Å². The van der Waals surface area contributed by atoms with Gasteiger partial charge in [-0.25, -0.2) is 9.67 Å². The van der Waals surface area contributed by atoms with E-state index in [1.165, 1.54) is 0 Å². The van der Waals surface area contributed by atoms with Crippen molar-refractivity contribution in [2.24, 2.45) is 0 Å². The second-order valence-electron chi connectivity index (χ2n) is 6.49. The fraction of sp³-hybridized carbons (Fsp3) is 0.350. The Bertz CT molecular complexity index is 862. The van der Waals surface area contributed by atoms with Gasteiger partial charge in [-0.2, -0.15) is 5.10 Å². The number of fused-ring (bicyclic) bond motifs is 1. The second kappa shape index (κ2) is 7.66. The minimum Gasteiger partial charge on any atom is -0.455 e. The number of hydrogen-bond acceptors (Lipinski definition) is 5. The van der Waals surface area contributed by atoms with Crippen LogP contribution in [0.4, 0.5) is 0 Å². The Labute approximate surface area is 153 Å². The molecule has 1 aliphatic rings. The van der Waals surface area contributed by atoms with Crippen LogP contribution < -0.4 is 10.1 Å². The highest BCUT2D eigenvalue weighted by Crippen LogP contribution is 2.25. The van der Waals surface area contributed by atoms with E-state index in [9.17, 15) is 0 Å². The van der Waals surface area contributed by atoms with Crippen LogP contribution in [0.25, 0.3) is 0 Å². The average Bonchev–Trinajstić information content (AvgIpc) is 3.10. The minimum atomic E-state index is 0.389. The molecular weight excluding hydrogens is 326 g/mol. The molecule has 0 saturated heterocycles. The fourth-order valence-corrected chi connectivity index (χ4v) is 3.22. The van der Waals surface area contributed by atoms with E-state index in [1.54, 1.807) is 12.4 Å². The molecule has 4 rings (SSSR count). The van der Waals surface area contributed by atoms with Crippen LogP contribution in [0.3, 0.4) is 0 Å². The van der Waals surface area contributed by atoms with E-state index in [0.717, 1.165) is 61.1 Å². The maximum Gasteiger partial charge on any atom is 0.150 e. The lowest BCUT2D eigenvalue weighted by Crippen LogP contribution is -2.37. The molecule has 0 fully saturated rings. The third-order valence-electron chi connectivity index (χ3n) is 4.63. The van der Waals surface area contributed by atoms with Crippen molar-refractivity contribution in [3.05, 3.63) is 66.0 Å². The lowest BCUT2D eigenvalue weighted by Gasteiger charge is -2.24. The summed E-state index contributed by atoms with van der Waals surface area (Å²) in [7, 11) is 0. The Kier molecular flexibility index (Phi) is 4.93. The summed E-state index contributed by atoms with van der Waals surface area (Å²) in [4.78, 5) is 8.69. The van der Waals surface area contributed by atoms with E-state index < -0.39 is 0 Å². The van der Waals surface area contributed by atoms with Crippen LogP contribution in [0.2, 0.25) is 0 Å². The number of para-hydroxylation sites is 1. The van der Waals surface area contributed by atoms with Crippen molar-refractivity contribution in [2.75, 3.05) is 0 Å². The molecule has 0 saturated carbocycles. The van der Waals surface area contributed by atoms with Crippen LogP contribution in [0.5, 0.6) is 11.5 Å².